The van der Waals surface area contributed by atoms with Gasteiger partial charge in [0.25, 0.3) is 5.91 Å². The van der Waals surface area contributed by atoms with Crippen LogP contribution in [0.2, 0.25) is 10.0 Å². The zero-order valence-electron chi connectivity index (χ0n) is 12.8. The molecule has 0 unspecified atom stereocenters. The highest BCUT2D eigenvalue weighted by atomic mass is 35.5. The van der Waals surface area contributed by atoms with Gasteiger partial charge in [0.1, 0.15) is 11.5 Å². The summed E-state index contributed by atoms with van der Waals surface area (Å²) in [5.41, 5.74) is 2.13. The highest BCUT2D eigenvalue weighted by Gasteiger charge is 2.09. The molecule has 25 heavy (non-hydrogen) atoms. The van der Waals surface area contributed by atoms with E-state index in [4.69, 9.17) is 23.2 Å². The Balaban J connectivity index is 1.68. The normalized spacial score (nSPS) is 10.4. The van der Waals surface area contributed by atoms with E-state index < -0.39 is 11.7 Å². The molecule has 0 aliphatic carbocycles. The van der Waals surface area contributed by atoms with E-state index >= 15 is 0 Å². The van der Waals surface area contributed by atoms with Crippen LogP contribution in [0.1, 0.15) is 10.5 Å². The van der Waals surface area contributed by atoms with Gasteiger partial charge in [-0.2, -0.15) is 0 Å². The molecule has 1 aromatic heterocycles. The van der Waals surface area contributed by atoms with E-state index in [0.717, 1.165) is 5.69 Å². The number of nitrogens with zero attached hydrogens (tertiary/aromatic N) is 1. The Hall–Kier alpha value is -2.63. The van der Waals surface area contributed by atoms with Crippen LogP contribution in [0.5, 0.6) is 0 Å². The third-order valence-corrected chi connectivity index (χ3v) is 3.81. The molecule has 0 spiro atoms. The molecule has 0 radical (unpaired) electrons. The average molecular weight is 376 g/mol. The van der Waals surface area contributed by atoms with Crippen LogP contribution >= 0.6 is 23.2 Å². The zero-order chi connectivity index (χ0) is 17.8. The Labute approximate surface area is 153 Å². The standard InChI is InChI=1S/C18H12Cl2FN3O/c19-11-2-1-3-12(8-11)23-14-5-7-17(22-10-14)18(25)24-13-4-6-16(21)15(20)9-13/h1-10,23H,(H,24,25). The van der Waals surface area contributed by atoms with Gasteiger partial charge in [0, 0.05) is 16.4 Å². The van der Waals surface area contributed by atoms with E-state index in [1.165, 1.54) is 24.4 Å². The SMILES string of the molecule is O=C(Nc1ccc(F)c(Cl)c1)c1ccc(Nc2cccc(Cl)c2)cn1. The minimum atomic E-state index is -0.547. The topological polar surface area (TPSA) is 54.0 Å². The summed E-state index contributed by atoms with van der Waals surface area (Å²) >= 11 is 11.6. The fourth-order valence-electron chi connectivity index (χ4n) is 2.10. The Morgan fingerprint density at radius 1 is 0.960 bits per heavy atom. The van der Waals surface area contributed by atoms with Gasteiger partial charge in [-0.3, -0.25) is 4.79 Å². The number of pyridine rings is 1. The van der Waals surface area contributed by atoms with Crippen molar-refractivity contribution in [2.75, 3.05) is 10.6 Å². The van der Waals surface area contributed by atoms with Crippen molar-refractivity contribution < 1.29 is 9.18 Å². The van der Waals surface area contributed by atoms with Crippen molar-refractivity contribution in [1.82, 2.24) is 4.98 Å². The molecule has 0 saturated carbocycles. The molecule has 0 fully saturated rings. The Morgan fingerprint density at radius 2 is 1.76 bits per heavy atom. The van der Waals surface area contributed by atoms with E-state index in [1.807, 2.05) is 12.1 Å². The molecule has 4 nitrogen and oxygen atoms in total. The third-order valence-electron chi connectivity index (χ3n) is 3.29. The minimum absolute atomic E-state index is 0.0631. The lowest BCUT2D eigenvalue weighted by atomic mass is 10.2. The maximum atomic E-state index is 13.1. The molecule has 7 heteroatoms. The fraction of sp³-hybridized carbons (Fsp3) is 0. The maximum Gasteiger partial charge on any atom is 0.274 e. The molecule has 2 N–H and O–H groups in total. The lowest BCUT2D eigenvalue weighted by Crippen LogP contribution is -2.13. The highest BCUT2D eigenvalue weighted by molar-refractivity contribution is 6.31. The molecule has 0 bridgehead atoms. The van der Waals surface area contributed by atoms with Crippen molar-refractivity contribution in [1.29, 1.82) is 0 Å². The molecule has 1 heterocycles. The van der Waals surface area contributed by atoms with Crippen molar-refractivity contribution >= 4 is 46.2 Å². The van der Waals surface area contributed by atoms with Crippen molar-refractivity contribution in [3.05, 3.63) is 82.4 Å². The van der Waals surface area contributed by atoms with E-state index in [0.29, 0.717) is 16.4 Å². The molecule has 0 aliphatic heterocycles. The zero-order valence-corrected chi connectivity index (χ0v) is 14.3. The number of benzene rings is 2. The smallest absolute Gasteiger partial charge is 0.274 e. The molecule has 1 amide bonds. The second-order valence-corrected chi connectivity index (χ2v) is 5.99. The molecule has 126 valence electrons. The molecule has 0 aliphatic rings. The van der Waals surface area contributed by atoms with E-state index in [1.54, 1.807) is 24.3 Å². The van der Waals surface area contributed by atoms with Gasteiger partial charge in [-0.15, -0.1) is 0 Å². The number of hydrogen-bond donors (Lipinski definition) is 2. The summed E-state index contributed by atoms with van der Waals surface area (Å²) in [6.45, 7) is 0. The molecule has 3 aromatic rings. The molecule has 0 saturated heterocycles. The van der Waals surface area contributed by atoms with Gasteiger partial charge >= 0.3 is 0 Å². The predicted molar refractivity (Wildman–Crippen MR) is 98.3 cm³/mol. The first-order valence-electron chi connectivity index (χ1n) is 7.26. The first-order chi connectivity index (χ1) is 12.0. The summed E-state index contributed by atoms with van der Waals surface area (Å²) in [7, 11) is 0. The van der Waals surface area contributed by atoms with Crippen LogP contribution in [-0.2, 0) is 0 Å². The Morgan fingerprint density at radius 3 is 2.44 bits per heavy atom. The van der Waals surface area contributed by atoms with E-state index in [-0.39, 0.29) is 10.7 Å². The molecular weight excluding hydrogens is 364 g/mol. The van der Waals surface area contributed by atoms with Crippen LogP contribution in [0.25, 0.3) is 0 Å². The van der Waals surface area contributed by atoms with Crippen LogP contribution < -0.4 is 10.6 Å². The fourth-order valence-corrected chi connectivity index (χ4v) is 2.47. The van der Waals surface area contributed by atoms with Crippen LogP contribution in [0, 0.1) is 5.82 Å². The van der Waals surface area contributed by atoms with Crippen molar-refractivity contribution in [3.8, 4) is 0 Å². The summed E-state index contributed by atoms with van der Waals surface area (Å²) in [6.07, 6.45) is 1.54. The van der Waals surface area contributed by atoms with Gasteiger partial charge in [0.2, 0.25) is 0 Å². The number of halogens is 3. The lowest BCUT2D eigenvalue weighted by molar-refractivity contribution is 0.102. The van der Waals surface area contributed by atoms with Crippen LogP contribution in [0.15, 0.2) is 60.8 Å². The van der Waals surface area contributed by atoms with Gasteiger partial charge in [0.15, 0.2) is 0 Å². The second kappa shape index (κ2) is 7.51. The predicted octanol–water partition coefficient (Wildman–Crippen LogP) is 5.52. The monoisotopic (exact) mass is 375 g/mol. The Kier molecular flexibility index (Phi) is 5.16. The maximum absolute atomic E-state index is 13.1. The minimum Gasteiger partial charge on any atom is -0.354 e. The van der Waals surface area contributed by atoms with Crippen molar-refractivity contribution in [3.63, 3.8) is 0 Å². The quantitative estimate of drug-likeness (QED) is 0.630. The van der Waals surface area contributed by atoms with E-state index in [2.05, 4.69) is 15.6 Å². The molecule has 2 aromatic carbocycles. The van der Waals surface area contributed by atoms with Crippen molar-refractivity contribution in [2.24, 2.45) is 0 Å². The number of rotatable bonds is 4. The van der Waals surface area contributed by atoms with Gasteiger partial charge < -0.3 is 10.6 Å². The van der Waals surface area contributed by atoms with Crippen LogP contribution in [0.4, 0.5) is 21.5 Å². The lowest BCUT2D eigenvalue weighted by Gasteiger charge is -2.08. The van der Waals surface area contributed by atoms with Gasteiger partial charge in [-0.05, 0) is 48.5 Å². The summed E-state index contributed by atoms with van der Waals surface area (Å²) in [4.78, 5) is 16.3. The van der Waals surface area contributed by atoms with Gasteiger partial charge in [-0.25, -0.2) is 9.37 Å². The number of hydrogen-bond acceptors (Lipinski definition) is 3. The van der Waals surface area contributed by atoms with Crippen LogP contribution in [-0.4, -0.2) is 10.9 Å². The number of carbonyl (C=O) groups is 1. The van der Waals surface area contributed by atoms with E-state index in [9.17, 15) is 9.18 Å². The first-order valence-corrected chi connectivity index (χ1v) is 8.02. The van der Waals surface area contributed by atoms with Gasteiger partial charge in [0.05, 0.1) is 16.9 Å². The molecular formula is C18H12Cl2FN3O. The third kappa shape index (κ3) is 4.47. The number of carbonyl (C=O) groups excluding carboxylic acids is 1. The summed E-state index contributed by atoms with van der Waals surface area (Å²) < 4.78 is 13.1. The first kappa shape index (κ1) is 17.2. The largest absolute Gasteiger partial charge is 0.354 e. The second-order valence-electron chi connectivity index (χ2n) is 5.15. The number of aromatic nitrogens is 1. The Bertz CT molecular complexity index is 916. The van der Waals surface area contributed by atoms with Gasteiger partial charge in [-0.1, -0.05) is 29.3 Å². The average Bonchev–Trinajstić information content (AvgIpc) is 2.59. The van der Waals surface area contributed by atoms with Crippen molar-refractivity contribution in [2.45, 2.75) is 0 Å². The summed E-state index contributed by atoms with van der Waals surface area (Å²) in [5, 5.41) is 6.30. The highest BCUT2D eigenvalue weighted by Crippen LogP contribution is 2.21. The molecule has 3 rings (SSSR count). The number of amides is 1. The number of anilines is 3. The molecule has 0 atom stereocenters. The summed E-state index contributed by atoms with van der Waals surface area (Å²) in [5.74, 6) is -0.966. The van der Waals surface area contributed by atoms with Crippen LogP contribution in [0.3, 0.4) is 0 Å². The summed E-state index contributed by atoms with van der Waals surface area (Å²) in [6, 6.07) is 14.5. The number of nitrogens with one attached hydrogen (secondary N) is 2.